The van der Waals surface area contributed by atoms with Crippen molar-refractivity contribution in [3.8, 4) is 11.4 Å². The van der Waals surface area contributed by atoms with Gasteiger partial charge >= 0.3 is 12.1 Å². The highest BCUT2D eigenvalue weighted by molar-refractivity contribution is 5.98. The minimum Gasteiger partial charge on any atom is -0.349 e. The van der Waals surface area contributed by atoms with Gasteiger partial charge < -0.3 is 15.2 Å². The number of hydrogen-bond donors (Lipinski definition) is 2. The van der Waals surface area contributed by atoms with Crippen molar-refractivity contribution in [2.45, 2.75) is 38.0 Å². The molecule has 0 saturated carbocycles. The van der Waals surface area contributed by atoms with Crippen molar-refractivity contribution in [3.05, 3.63) is 35.7 Å². The normalized spacial score (nSPS) is 19.3. The molecule has 3 rings (SSSR count). The van der Waals surface area contributed by atoms with Crippen molar-refractivity contribution in [1.82, 2.24) is 20.8 Å². The first-order valence-corrected chi connectivity index (χ1v) is 7.69. The second kappa shape index (κ2) is 6.11. The molecule has 7 nitrogen and oxygen atoms in total. The molecule has 0 bridgehead atoms. The number of carbonyl (C=O) groups excluding carboxylic acids is 2. The van der Waals surface area contributed by atoms with E-state index in [1.165, 1.54) is 24.3 Å². The molecule has 0 spiro atoms. The number of alkyl halides is 3. The van der Waals surface area contributed by atoms with E-state index in [9.17, 15) is 22.8 Å². The van der Waals surface area contributed by atoms with Crippen molar-refractivity contribution in [2.24, 2.45) is 0 Å². The van der Waals surface area contributed by atoms with Gasteiger partial charge in [0.15, 0.2) is 0 Å². The Morgan fingerprint density at radius 1 is 1.31 bits per heavy atom. The Labute approximate surface area is 146 Å². The first-order valence-electron chi connectivity index (χ1n) is 7.69. The number of carbonyl (C=O) groups is 2. The van der Waals surface area contributed by atoms with Gasteiger partial charge in [0.05, 0.1) is 0 Å². The van der Waals surface area contributed by atoms with Crippen LogP contribution >= 0.6 is 0 Å². The average molecular weight is 368 g/mol. The number of hydrogen-bond acceptors (Lipinski definition) is 5. The van der Waals surface area contributed by atoms with Crippen LogP contribution in [0.4, 0.5) is 13.2 Å². The molecule has 1 aliphatic heterocycles. The molecule has 0 aliphatic carbocycles. The zero-order valence-electron chi connectivity index (χ0n) is 13.8. The zero-order valence-corrected chi connectivity index (χ0v) is 13.8. The van der Waals surface area contributed by atoms with Crippen molar-refractivity contribution in [3.63, 3.8) is 0 Å². The van der Waals surface area contributed by atoms with Crippen LogP contribution in [-0.2, 0) is 11.0 Å². The van der Waals surface area contributed by atoms with E-state index in [0.29, 0.717) is 6.42 Å². The predicted octanol–water partition coefficient (Wildman–Crippen LogP) is 2.15. The molecule has 1 atom stereocenters. The van der Waals surface area contributed by atoms with Crippen LogP contribution in [0.2, 0.25) is 0 Å². The van der Waals surface area contributed by atoms with Crippen LogP contribution in [0.3, 0.4) is 0 Å². The van der Waals surface area contributed by atoms with Gasteiger partial charge in [-0.15, -0.1) is 0 Å². The molecule has 26 heavy (non-hydrogen) atoms. The highest BCUT2D eigenvalue weighted by Crippen LogP contribution is 2.29. The fourth-order valence-electron chi connectivity index (χ4n) is 2.66. The Morgan fingerprint density at radius 2 is 1.96 bits per heavy atom. The summed E-state index contributed by atoms with van der Waals surface area (Å²) in [6.07, 6.45) is -4.26. The number of rotatable bonds is 3. The van der Waals surface area contributed by atoms with Gasteiger partial charge in [0, 0.05) is 16.7 Å². The van der Waals surface area contributed by atoms with E-state index in [2.05, 4.69) is 25.3 Å². The van der Waals surface area contributed by atoms with Crippen molar-refractivity contribution >= 4 is 11.8 Å². The summed E-state index contributed by atoms with van der Waals surface area (Å²) in [6, 6.07) is 4.99. The van der Waals surface area contributed by atoms with Crippen LogP contribution < -0.4 is 10.6 Å². The molecule has 1 aromatic carbocycles. The van der Waals surface area contributed by atoms with Gasteiger partial charge in [0.2, 0.25) is 11.7 Å². The monoisotopic (exact) mass is 368 g/mol. The van der Waals surface area contributed by atoms with E-state index in [4.69, 9.17) is 0 Å². The topological polar surface area (TPSA) is 97.1 Å². The van der Waals surface area contributed by atoms with Crippen LogP contribution in [0, 0.1) is 0 Å². The predicted molar refractivity (Wildman–Crippen MR) is 82.8 cm³/mol. The third-order valence-corrected chi connectivity index (χ3v) is 3.87. The lowest BCUT2D eigenvalue weighted by atomic mass is 10.0. The SMILES string of the molecule is CC1(C)CC(NC(=O)c2ccc(-c3noc(C(F)(F)F)n3)cc2)C(=O)N1. The molecule has 1 fully saturated rings. The summed E-state index contributed by atoms with van der Waals surface area (Å²) in [5, 5.41) is 8.68. The molecule has 1 aromatic heterocycles. The standard InChI is InChI=1S/C16H15F3N4O3/c1-15(2)7-10(13(25)22-15)20-12(24)9-5-3-8(4-6-9)11-21-14(26-23-11)16(17,18)19/h3-6,10H,7H2,1-2H3,(H,20,24)(H,22,25). The van der Waals surface area contributed by atoms with Crippen LogP contribution in [0.5, 0.6) is 0 Å². The first-order chi connectivity index (χ1) is 12.0. The van der Waals surface area contributed by atoms with Gasteiger partial charge in [-0.1, -0.05) is 17.3 Å². The van der Waals surface area contributed by atoms with E-state index < -0.39 is 29.6 Å². The highest BCUT2D eigenvalue weighted by Gasteiger charge is 2.39. The minimum absolute atomic E-state index is 0.235. The molecule has 1 aliphatic rings. The molecule has 2 amide bonds. The maximum Gasteiger partial charge on any atom is 0.471 e. The maximum absolute atomic E-state index is 12.5. The van der Waals surface area contributed by atoms with Gasteiger partial charge in [-0.05, 0) is 32.4 Å². The van der Waals surface area contributed by atoms with E-state index in [-0.39, 0.29) is 22.9 Å². The Bertz CT molecular complexity index is 843. The third-order valence-electron chi connectivity index (χ3n) is 3.87. The third kappa shape index (κ3) is 3.68. The lowest BCUT2D eigenvalue weighted by molar-refractivity contribution is -0.159. The van der Waals surface area contributed by atoms with Crippen molar-refractivity contribution < 1.29 is 27.3 Å². The second-order valence-corrected chi connectivity index (χ2v) is 6.60. The van der Waals surface area contributed by atoms with Gasteiger partial charge in [0.25, 0.3) is 5.91 Å². The second-order valence-electron chi connectivity index (χ2n) is 6.60. The fraction of sp³-hybridized carbons (Fsp3) is 0.375. The smallest absolute Gasteiger partial charge is 0.349 e. The van der Waals surface area contributed by atoms with Crippen LogP contribution in [0.25, 0.3) is 11.4 Å². The average Bonchev–Trinajstić information content (AvgIpc) is 3.12. The quantitative estimate of drug-likeness (QED) is 0.865. The molecule has 2 N–H and O–H groups in total. The lowest BCUT2D eigenvalue weighted by Gasteiger charge is -2.16. The molecule has 1 unspecified atom stereocenters. The molecule has 2 aromatic rings. The summed E-state index contributed by atoms with van der Waals surface area (Å²) < 4.78 is 41.6. The molecular weight excluding hydrogens is 353 g/mol. The number of aromatic nitrogens is 2. The largest absolute Gasteiger partial charge is 0.471 e. The molecule has 10 heteroatoms. The molecular formula is C16H15F3N4O3. The van der Waals surface area contributed by atoms with Crippen molar-refractivity contribution in [1.29, 1.82) is 0 Å². The molecule has 1 saturated heterocycles. The van der Waals surface area contributed by atoms with Crippen LogP contribution in [-0.4, -0.2) is 33.5 Å². The Kier molecular flexibility index (Phi) is 4.21. The van der Waals surface area contributed by atoms with Gasteiger partial charge in [-0.25, -0.2) is 0 Å². The zero-order chi connectivity index (χ0) is 19.1. The molecule has 138 valence electrons. The Hall–Kier alpha value is -2.91. The van der Waals surface area contributed by atoms with Crippen molar-refractivity contribution in [2.75, 3.05) is 0 Å². The number of nitrogens with zero attached hydrogens (tertiary/aromatic N) is 2. The fourth-order valence-corrected chi connectivity index (χ4v) is 2.66. The highest BCUT2D eigenvalue weighted by atomic mass is 19.4. The van der Waals surface area contributed by atoms with Crippen LogP contribution in [0.15, 0.2) is 28.8 Å². The lowest BCUT2D eigenvalue weighted by Crippen LogP contribution is -2.40. The summed E-state index contributed by atoms with van der Waals surface area (Å²) in [6.45, 7) is 3.71. The number of halogens is 3. The van der Waals surface area contributed by atoms with Gasteiger partial charge in [0.1, 0.15) is 6.04 Å². The summed E-state index contributed by atoms with van der Waals surface area (Å²) >= 11 is 0. The molecule has 2 heterocycles. The van der Waals surface area contributed by atoms with E-state index in [1.807, 2.05) is 13.8 Å². The summed E-state index contributed by atoms with van der Waals surface area (Å²) in [5.41, 5.74) is 0.125. The Balaban J connectivity index is 1.70. The molecule has 0 radical (unpaired) electrons. The van der Waals surface area contributed by atoms with Gasteiger partial charge in [-0.2, -0.15) is 18.2 Å². The summed E-state index contributed by atoms with van der Waals surface area (Å²) in [5.74, 6) is -2.39. The van der Waals surface area contributed by atoms with E-state index in [1.54, 1.807) is 0 Å². The van der Waals surface area contributed by atoms with Crippen LogP contribution in [0.1, 0.15) is 36.5 Å². The minimum atomic E-state index is -4.72. The summed E-state index contributed by atoms with van der Waals surface area (Å²) in [4.78, 5) is 27.4. The van der Waals surface area contributed by atoms with Gasteiger partial charge in [-0.3, -0.25) is 9.59 Å². The number of amides is 2. The first kappa shape index (κ1) is 17.9. The number of nitrogens with one attached hydrogen (secondary N) is 2. The van der Waals surface area contributed by atoms with E-state index in [0.717, 1.165) is 0 Å². The Morgan fingerprint density at radius 3 is 2.46 bits per heavy atom. The summed E-state index contributed by atoms with van der Waals surface area (Å²) in [7, 11) is 0. The maximum atomic E-state index is 12.5. The number of benzene rings is 1. The van der Waals surface area contributed by atoms with E-state index >= 15 is 0 Å².